The molecule has 1 aliphatic heterocycles. The smallest absolute Gasteiger partial charge is 0.328 e. The molecule has 3 heterocycles. The van der Waals surface area contributed by atoms with Gasteiger partial charge in [-0.15, -0.1) is 0 Å². The van der Waals surface area contributed by atoms with Crippen molar-refractivity contribution >= 4 is 34.4 Å². The van der Waals surface area contributed by atoms with E-state index in [1.807, 2.05) is 0 Å². The number of anilines is 3. The van der Waals surface area contributed by atoms with Crippen LogP contribution in [0.1, 0.15) is 24.8 Å². The molecule has 1 aromatic carbocycles. The minimum Gasteiger partial charge on any atom is -0.494 e. The van der Waals surface area contributed by atoms with Crippen LogP contribution in [-0.2, 0) is 11.3 Å². The van der Waals surface area contributed by atoms with Crippen LogP contribution in [0, 0.1) is 5.82 Å². The fraction of sp³-hybridized carbons (Fsp3) is 0.381. The van der Waals surface area contributed by atoms with Crippen LogP contribution in [0.15, 0.2) is 24.5 Å². The molecule has 0 saturated heterocycles. The lowest BCUT2D eigenvalue weighted by molar-refractivity contribution is 0.0287. The molecule has 31 heavy (non-hydrogen) atoms. The van der Waals surface area contributed by atoms with Gasteiger partial charge in [0.25, 0.3) is 0 Å². The predicted molar refractivity (Wildman–Crippen MR) is 113 cm³/mol. The number of rotatable bonds is 2. The summed E-state index contributed by atoms with van der Waals surface area (Å²) in [7, 11) is 3.25. The number of nitrogens with zero attached hydrogens (tertiary/aromatic N) is 3. The first-order valence-electron chi connectivity index (χ1n) is 10.2. The van der Waals surface area contributed by atoms with E-state index in [0.29, 0.717) is 39.7 Å². The zero-order valence-corrected chi connectivity index (χ0v) is 17.2. The van der Waals surface area contributed by atoms with Gasteiger partial charge in [0.15, 0.2) is 5.65 Å². The Morgan fingerprint density at radius 3 is 3.00 bits per heavy atom. The number of imidazole rings is 1. The molecule has 9 nitrogen and oxygen atoms in total. The second-order valence-corrected chi connectivity index (χ2v) is 7.70. The second kappa shape index (κ2) is 7.69. The standard InChI is InChI=1S/C21H23FN6O3/c1-23-15-8-18-25-14-6-11(12(22)7-17(14)30-2)9-31-16-5-3-4-13(16)26-21(29)28-10-24-19(15)20(28)27-18/h6-8,10,13,16H,3-5,9H2,1-2H3,(H,26,29)(H2,23,25,27)/t13-,16-/m1/s1. The molecule has 0 spiro atoms. The summed E-state index contributed by atoms with van der Waals surface area (Å²) < 4.78 is 27.5. The fourth-order valence-corrected chi connectivity index (χ4v) is 4.22. The number of aromatic nitrogens is 3. The molecule has 10 heteroatoms. The fourth-order valence-electron chi connectivity index (χ4n) is 4.22. The topological polar surface area (TPSA) is 102 Å². The summed E-state index contributed by atoms with van der Waals surface area (Å²) in [6, 6.07) is 4.29. The van der Waals surface area contributed by atoms with Crippen molar-refractivity contribution < 1.29 is 18.7 Å². The summed E-state index contributed by atoms with van der Waals surface area (Å²) in [6.45, 7) is 0.0894. The van der Waals surface area contributed by atoms with E-state index >= 15 is 0 Å². The molecule has 1 saturated carbocycles. The van der Waals surface area contributed by atoms with Crippen LogP contribution in [0.3, 0.4) is 0 Å². The SMILES string of the molecule is CNc1cc2nc3c1ncn3C(=O)N[C@@H]1CCC[C@H]1OCc1cc(c(OC)cc1F)N2. The van der Waals surface area contributed by atoms with E-state index in [2.05, 4.69) is 25.9 Å². The molecular formula is C21H23FN6O3. The first kappa shape index (κ1) is 19.6. The number of amides is 1. The van der Waals surface area contributed by atoms with E-state index in [4.69, 9.17) is 9.47 Å². The molecule has 2 aliphatic rings. The normalized spacial score (nSPS) is 20.7. The molecule has 162 valence electrons. The number of pyridine rings is 1. The number of fused-ring (bicyclic) bond motifs is 4. The Kier molecular flexibility index (Phi) is 4.85. The lowest BCUT2D eigenvalue weighted by atomic mass is 10.1. The Morgan fingerprint density at radius 1 is 1.32 bits per heavy atom. The van der Waals surface area contributed by atoms with E-state index in [1.54, 1.807) is 19.2 Å². The zero-order valence-electron chi connectivity index (χ0n) is 17.2. The van der Waals surface area contributed by atoms with Crippen LogP contribution in [0.5, 0.6) is 5.75 Å². The maximum atomic E-state index is 14.7. The van der Waals surface area contributed by atoms with E-state index in [1.165, 1.54) is 24.1 Å². The average Bonchev–Trinajstić information content (AvgIpc) is 3.39. The van der Waals surface area contributed by atoms with Crippen molar-refractivity contribution in [2.24, 2.45) is 0 Å². The van der Waals surface area contributed by atoms with E-state index < -0.39 is 5.82 Å². The highest BCUT2D eigenvalue weighted by atomic mass is 19.1. The Bertz CT molecular complexity index is 1160. The molecule has 3 aromatic rings. The van der Waals surface area contributed by atoms with Crippen molar-refractivity contribution in [2.45, 2.75) is 38.0 Å². The average molecular weight is 426 g/mol. The number of methoxy groups -OCH3 is 1. The number of hydrogen-bond acceptors (Lipinski definition) is 7. The van der Waals surface area contributed by atoms with Crippen molar-refractivity contribution in [2.75, 3.05) is 24.8 Å². The van der Waals surface area contributed by atoms with Gasteiger partial charge in [0.1, 0.15) is 29.2 Å². The summed E-state index contributed by atoms with van der Waals surface area (Å²) in [4.78, 5) is 22.0. The first-order chi connectivity index (χ1) is 15.1. The third kappa shape index (κ3) is 3.42. The molecule has 5 rings (SSSR count). The molecule has 0 radical (unpaired) electrons. The van der Waals surface area contributed by atoms with Gasteiger partial charge in [-0.25, -0.2) is 23.7 Å². The number of benzene rings is 1. The quantitative estimate of drug-likeness (QED) is 0.577. The van der Waals surface area contributed by atoms with Gasteiger partial charge in [-0.05, 0) is 25.3 Å². The molecule has 4 bridgehead atoms. The Labute approximate surface area is 178 Å². The van der Waals surface area contributed by atoms with Gasteiger partial charge in [-0.1, -0.05) is 0 Å². The number of nitrogens with one attached hydrogen (secondary N) is 3. The lowest BCUT2D eigenvalue weighted by Gasteiger charge is -2.23. The molecule has 3 N–H and O–H groups in total. The van der Waals surface area contributed by atoms with Crippen molar-refractivity contribution in [1.29, 1.82) is 0 Å². The number of hydrogen-bond donors (Lipinski definition) is 3. The number of carbonyl (C=O) groups excluding carboxylic acids is 1. The third-order valence-electron chi connectivity index (χ3n) is 5.84. The Balaban J connectivity index is 1.68. The first-order valence-corrected chi connectivity index (χ1v) is 10.2. The number of halogens is 1. The van der Waals surface area contributed by atoms with Gasteiger partial charge >= 0.3 is 6.03 Å². The van der Waals surface area contributed by atoms with Crippen LogP contribution in [0.4, 0.5) is 26.4 Å². The highest BCUT2D eigenvalue weighted by Crippen LogP contribution is 2.33. The summed E-state index contributed by atoms with van der Waals surface area (Å²) in [5.41, 5.74) is 2.63. The summed E-state index contributed by atoms with van der Waals surface area (Å²) in [6.07, 6.45) is 3.78. The lowest BCUT2D eigenvalue weighted by Crippen LogP contribution is -2.43. The van der Waals surface area contributed by atoms with Crippen molar-refractivity contribution in [3.8, 4) is 5.75 Å². The van der Waals surface area contributed by atoms with Gasteiger partial charge in [-0.2, -0.15) is 0 Å². The predicted octanol–water partition coefficient (Wildman–Crippen LogP) is 3.37. The van der Waals surface area contributed by atoms with Crippen LogP contribution >= 0.6 is 0 Å². The van der Waals surface area contributed by atoms with E-state index in [-0.39, 0.29) is 24.8 Å². The van der Waals surface area contributed by atoms with Crippen LogP contribution in [0.25, 0.3) is 11.2 Å². The molecule has 2 atom stereocenters. The third-order valence-corrected chi connectivity index (χ3v) is 5.84. The summed E-state index contributed by atoms with van der Waals surface area (Å²) in [5.74, 6) is 0.385. The molecule has 1 fully saturated rings. The van der Waals surface area contributed by atoms with Crippen LogP contribution < -0.4 is 20.7 Å². The van der Waals surface area contributed by atoms with Crippen LogP contribution in [-0.4, -0.2) is 46.9 Å². The number of ether oxygens (including phenoxy) is 2. The largest absolute Gasteiger partial charge is 0.494 e. The van der Waals surface area contributed by atoms with Crippen molar-refractivity contribution in [3.63, 3.8) is 0 Å². The van der Waals surface area contributed by atoms with Crippen LogP contribution in [0.2, 0.25) is 0 Å². The minimum absolute atomic E-state index is 0.0894. The van der Waals surface area contributed by atoms with Gasteiger partial charge in [0.05, 0.1) is 37.2 Å². The van der Waals surface area contributed by atoms with Crippen molar-refractivity contribution in [1.82, 2.24) is 19.9 Å². The monoisotopic (exact) mass is 426 g/mol. The number of carbonyl (C=O) groups is 1. The highest BCUT2D eigenvalue weighted by molar-refractivity contribution is 5.94. The summed E-state index contributed by atoms with van der Waals surface area (Å²) >= 11 is 0. The van der Waals surface area contributed by atoms with E-state index in [9.17, 15) is 9.18 Å². The zero-order chi connectivity index (χ0) is 21.5. The molecule has 1 amide bonds. The van der Waals surface area contributed by atoms with Gasteiger partial charge in [0, 0.05) is 24.7 Å². The minimum atomic E-state index is -0.412. The Morgan fingerprint density at radius 2 is 2.19 bits per heavy atom. The molecule has 1 aliphatic carbocycles. The van der Waals surface area contributed by atoms with E-state index in [0.717, 1.165) is 19.3 Å². The second-order valence-electron chi connectivity index (χ2n) is 7.70. The maximum Gasteiger partial charge on any atom is 0.328 e. The van der Waals surface area contributed by atoms with Gasteiger partial charge in [-0.3, -0.25) is 0 Å². The molecular weight excluding hydrogens is 403 g/mol. The summed E-state index contributed by atoms with van der Waals surface area (Å²) in [5, 5.41) is 9.30. The van der Waals surface area contributed by atoms with Gasteiger partial charge in [0.2, 0.25) is 0 Å². The molecule has 2 aromatic heterocycles. The van der Waals surface area contributed by atoms with Gasteiger partial charge < -0.3 is 25.4 Å². The highest BCUT2D eigenvalue weighted by Gasteiger charge is 2.31. The molecule has 0 unspecified atom stereocenters. The maximum absolute atomic E-state index is 14.7. The Hall–Kier alpha value is -3.40. The van der Waals surface area contributed by atoms with Crippen molar-refractivity contribution in [3.05, 3.63) is 35.9 Å².